The number of carbonyl (C=O) groups excluding carboxylic acids is 3. The van der Waals surface area contributed by atoms with Gasteiger partial charge < -0.3 is 25.4 Å². The maximum Gasteiger partial charge on any atom is 0.357 e. The average molecular weight is 653 g/mol. The molecule has 1 saturated heterocycles. The van der Waals surface area contributed by atoms with Gasteiger partial charge in [0.15, 0.2) is 5.69 Å². The highest BCUT2D eigenvalue weighted by Gasteiger charge is 2.30. The number of nitrogens with zero attached hydrogens (tertiary/aromatic N) is 2. The quantitative estimate of drug-likeness (QED) is 0.208. The van der Waals surface area contributed by atoms with Crippen molar-refractivity contribution < 1.29 is 23.9 Å². The van der Waals surface area contributed by atoms with Crippen LogP contribution in [-0.4, -0.2) is 54.0 Å². The molecule has 47 heavy (non-hydrogen) atoms. The molecule has 2 aromatic carbocycles. The van der Waals surface area contributed by atoms with Gasteiger partial charge in [-0.1, -0.05) is 19.1 Å². The maximum absolute atomic E-state index is 14.3. The number of fused-ring (bicyclic) bond motifs is 3. The first-order valence-electron chi connectivity index (χ1n) is 16.1. The summed E-state index contributed by atoms with van der Waals surface area (Å²) in [6, 6.07) is 13.1. The molecule has 1 fully saturated rings. The van der Waals surface area contributed by atoms with E-state index in [9.17, 15) is 14.4 Å². The normalized spacial score (nSPS) is 15.6. The number of amides is 2. The smallest absolute Gasteiger partial charge is 0.357 e. The van der Waals surface area contributed by atoms with Crippen molar-refractivity contribution >= 4 is 34.8 Å². The Bertz CT molecular complexity index is 1840. The summed E-state index contributed by atoms with van der Waals surface area (Å²) in [6.45, 7) is 7.47. The monoisotopic (exact) mass is 652 g/mol. The number of rotatable bonds is 7. The zero-order chi connectivity index (χ0) is 33.2. The lowest BCUT2D eigenvalue weighted by Gasteiger charge is -2.35. The van der Waals surface area contributed by atoms with Gasteiger partial charge in [0.2, 0.25) is 0 Å². The molecular formula is C37H40N4O5S. The van der Waals surface area contributed by atoms with Crippen molar-refractivity contribution in [1.29, 1.82) is 0 Å². The van der Waals surface area contributed by atoms with Crippen LogP contribution in [0.3, 0.4) is 0 Å². The number of methoxy groups -OCH3 is 1. The SMILES string of the molecule is CCC1CCCCN1C(=O)c1ccc(-c2cc3c(cc2C(=O)Nc2c(C)cc(CN)cc2C)-c2sccc2CCO3)c(C(=O)OC)n1. The van der Waals surface area contributed by atoms with E-state index in [1.165, 1.54) is 7.11 Å². The van der Waals surface area contributed by atoms with Crippen LogP contribution in [0.2, 0.25) is 0 Å². The zero-order valence-electron chi connectivity index (χ0n) is 27.3. The molecule has 0 saturated carbocycles. The van der Waals surface area contributed by atoms with Crippen LogP contribution in [0.15, 0.2) is 47.8 Å². The van der Waals surface area contributed by atoms with E-state index in [-0.39, 0.29) is 29.2 Å². The Balaban J connectivity index is 1.50. The van der Waals surface area contributed by atoms with Gasteiger partial charge in [-0.05, 0) is 97.5 Å². The number of ether oxygens (including phenoxy) is 2. The van der Waals surface area contributed by atoms with E-state index in [1.807, 2.05) is 42.3 Å². The first kappa shape index (κ1) is 32.4. The Hall–Kier alpha value is -4.54. The van der Waals surface area contributed by atoms with E-state index in [1.54, 1.807) is 29.5 Å². The molecule has 10 heteroatoms. The van der Waals surface area contributed by atoms with Crippen molar-refractivity contribution in [2.24, 2.45) is 5.73 Å². The van der Waals surface area contributed by atoms with Gasteiger partial charge in [-0.15, -0.1) is 11.3 Å². The number of piperidine rings is 1. The van der Waals surface area contributed by atoms with Gasteiger partial charge in [0.25, 0.3) is 11.8 Å². The molecule has 0 bridgehead atoms. The van der Waals surface area contributed by atoms with E-state index in [0.717, 1.165) is 64.8 Å². The van der Waals surface area contributed by atoms with Gasteiger partial charge in [0.1, 0.15) is 11.4 Å². The molecule has 3 N–H and O–H groups in total. The maximum atomic E-state index is 14.3. The van der Waals surface area contributed by atoms with E-state index < -0.39 is 5.97 Å². The summed E-state index contributed by atoms with van der Waals surface area (Å²) < 4.78 is 11.4. The molecule has 2 aromatic heterocycles. The minimum absolute atomic E-state index is 0.0393. The van der Waals surface area contributed by atoms with Crippen LogP contribution in [0.4, 0.5) is 5.69 Å². The number of hydrogen-bond acceptors (Lipinski definition) is 8. The number of likely N-dealkylation sites (tertiary alicyclic amines) is 1. The Morgan fingerprint density at radius 3 is 2.57 bits per heavy atom. The van der Waals surface area contributed by atoms with Crippen LogP contribution in [0.5, 0.6) is 5.75 Å². The highest BCUT2D eigenvalue weighted by atomic mass is 32.1. The molecule has 244 valence electrons. The first-order valence-corrected chi connectivity index (χ1v) is 17.0. The van der Waals surface area contributed by atoms with Crippen molar-refractivity contribution in [2.45, 2.75) is 65.5 Å². The molecule has 0 radical (unpaired) electrons. The molecule has 2 aliphatic heterocycles. The lowest BCUT2D eigenvalue weighted by Crippen LogP contribution is -2.43. The molecule has 4 heterocycles. The topological polar surface area (TPSA) is 124 Å². The minimum Gasteiger partial charge on any atom is -0.493 e. The third-order valence-electron chi connectivity index (χ3n) is 9.19. The fraction of sp³-hybridized carbons (Fsp3) is 0.351. The van der Waals surface area contributed by atoms with Crippen molar-refractivity contribution in [3.8, 4) is 27.3 Å². The third kappa shape index (κ3) is 6.27. The molecule has 4 aromatic rings. The average Bonchev–Trinajstić information content (AvgIpc) is 3.49. The number of thiophene rings is 1. The van der Waals surface area contributed by atoms with E-state index in [2.05, 4.69) is 23.3 Å². The summed E-state index contributed by atoms with van der Waals surface area (Å²) in [5, 5.41) is 5.17. The summed E-state index contributed by atoms with van der Waals surface area (Å²) in [7, 11) is 1.28. The second-order valence-electron chi connectivity index (χ2n) is 12.2. The number of nitrogens with one attached hydrogen (secondary N) is 1. The van der Waals surface area contributed by atoms with Crippen molar-refractivity contribution in [1.82, 2.24) is 9.88 Å². The summed E-state index contributed by atoms with van der Waals surface area (Å²) in [4.78, 5) is 48.9. The number of hydrogen-bond donors (Lipinski definition) is 2. The number of anilines is 1. The van der Waals surface area contributed by atoms with E-state index in [4.69, 9.17) is 15.2 Å². The Morgan fingerprint density at radius 2 is 1.85 bits per heavy atom. The summed E-state index contributed by atoms with van der Waals surface area (Å²) in [5.41, 5.74) is 12.6. The van der Waals surface area contributed by atoms with Gasteiger partial charge in [0, 0.05) is 58.4 Å². The predicted octanol–water partition coefficient (Wildman–Crippen LogP) is 6.93. The fourth-order valence-corrected chi connectivity index (χ4v) is 7.74. The van der Waals surface area contributed by atoms with Crippen LogP contribution in [0, 0.1) is 13.8 Å². The molecule has 6 rings (SSSR count). The van der Waals surface area contributed by atoms with E-state index >= 15 is 0 Å². The number of aromatic nitrogens is 1. The molecule has 1 atom stereocenters. The van der Waals surface area contributed by atoms with Crippen LogP contribution >= 0.6 is 11.3 Å². The number of aryl methyl sites for hydroxylation is 2. The Kier molecular flexibility index (Phi) is 9.42. The fourth-order valence-electron chi connectivity index (χ4n) is 6.76. The van der Waals surface area contributed by atoms with Gasteiger partial charge in [-0.25, -0.2) is 9.78 Å². The molecule has 2 aliphatic rings. The number of esters is 1. The summed E-state index contributed by atoms with van der Waals surface area (Å²) in [5.74, 6) is -0.667. The highest BCUT2D eigenvalue weighted by molar-refractivity contribution is 7.13. The van der Waals surface area contributed by atoms with Crippen LogP contribution < -0.4 is 15.8 Å². The lowest BCUT2D eigenvalue weighted by atomic mass is 9.93. The van der Waals surface area contributed by atoms with Crippen LogP contribution in [0.1, 0.15) is 86.2 Å². The van der Waals surface area contributed by atoms with Gasteiger partial charge >= 0.3 is 5.97 Å². The van der Waals surface area contributed by atoms with Crippen molar-refractivity contribution in [2.75, 3.05) is 25.6 Å². The molecule has 2 amide bonds. The largest absolute Gasteiger partial charge is 0.493 e. The van der Waals surface area contributed by atoms with Gasteiger partial charge in [0.05, 0.1) is 13.7 Å². The summed E-state index contributed by atoms with van der Waals surface area (Å²) in [6.07, 6.45) is 4.53. The van der Waals surface area contributed by atoms with Crippen LogP contribution in [-0.2, 0) is 17.7 Å². The summed E-state index contributed by atoms with van der Waals surface area (Å²) >= 11 is 1.60. The standard InChI is InChI=1S/C37H40N4O5S/c1-5-25-8-6-7-13-41(25)36(43)30-10-9-26(33(39-30)37(44)45-4)27-19-31-29(34-24(11-14-46-31)12-15-47-34)18-28(27)35(42)40-32-21(2)16-23(20-38)17-22(32)3/h9-10,12,15-19,25H,5-8,11,13-14,20,38H2,1-4H3,(H,40,42). The first-order chi connectivity index (χ1) is 22.7. The van der Waals surface area contributed by atoms with Crippen LogP contribution in [0.25, 0.3) is 21.6 Å². The molecule has 0 spiro atoms. The number of pyridine rings is 1. The third-order valence-corrected chi connectivity index (χ3v) is 10.2. The highest BCUT2D eigenvalue weighted by Crippen LogP contribution is 2.43. The van der Waals surface area contributed by atoms with Gasteiger partial charge in [-0.2, -0.15) is 0 Å². The number of carbonyl (C=O) groups is 3. The van der Waals surface area contributed by atoms with Gasteiger partial charge in [-0.3, -0.25) is 9.59 Å². The van der Waals surface area contributed by atoms with Crippen molar-refractivity contribution in [3.05, 3.63) is 87.0 Å². The molecular weight excluding hydrogens is 612 g/mol. The van der Waals surface area contributed by atoms with Crippen molar-refractivity contribution in [3.63, 3.8) is 0 Å². The Labute approximate surface area is 279 Å². The molecule has 9 nitrogen and oxygen atoms in total. The minimum atomic E-state index is -0.702. The molecule has 0 aliphatic carbocycles. The Morgan fingerprint density at radius 1 is 1.06 bits per heavy atom. The predicted molar refractivity (Wildman–Crippen MR) is 184 cm³/mol. The second kappa shape index (κ2) is 13.7. The zero-order valence-corrected chi connectivity index (χ0v) is 28.1. The second-order valence-corrected chi connectivity index (χ2v) is 13.1. The number of benzene rings is 2. The molecule has 1 unspecified atom stereocenters. The van der Waals surface area contributed by atoms with E-state index in [0.29, 0.717) is 47.8 Å². The number of nitrogens with two attached hydrogens (primary N) is 1. The lowest BCUT2D eigenvalue weighted by molar-refractivity contribution is 0.0589.